The minimum absolute atomic E-state index is 0.276. The molecule has 1 aromatic carbocycles. The summed E-state index contributed by atoms with van der Waals surface area (Å²) in [5, 5.41) is 3.37. The van der Waals surface area contributed by atoms with E-state index in [2.05, 4.69) is 15.3 Å². The Hall–Kier alpha value is -2.01. The molecular weight excluding hydrogens is 257 g/mol. The van der Waals surface area contributed by atoms with E-state index >= 15 is 0 Å². The summed E-state index contributed by atoms with van der Waals surface area (Å²) >= 11 is 0. The molecule has 0 unspecified atom stereocenters. The lowest BCUT2D eigenvalue weighted by Gasteiger charge is -2.08. The summed E-state index contributed by atoms with van der Waals surface area (Å²) < 4.78 is 18.6. The van der Waals surface area contributed by atoms with Crippen LogP contribution in [-0.2, 0) is 6.54 Å². The molecule has 0 aliphatic heterocycles. The van der Waals surface area contributed by atoms with Gasteiger partial charge in [-0.3, -0.25) is 4.98 Å². The molecule has 0 spiro atoms. The molecule has 1 aliphatic rings. The Morgan fingerprint density at radius 1 is 1.30 bits per heavy atom. The molecule has 1 aromatic heterocycles. The van der Waals surface area contributed by atoms with Crippen molar-refractivity contribution >= 4 is 0 Å². The average Bonchev–Trinajstić information content (AvgIpc) is 3.25. The van der Waals surface area contributed by atoms with E-state index in [4.69, 9.17) is 4.74 Å². The van der Waals surface area contributed by atoms with E-state index in [9.17, 15) is 4.39 Å². The van der Waals surface area contributed by atoms with Crippen molar-refractivity contribution < 1.29 is 9.13 Å². The number of aromatic nitrogens is 2. The van der Waals surface area contributed by atoms with Gasteiger partial charge >= 0.3 is 0 Å². The highest BCUT2D eigenvalue weighted by molar-refractivity contribution is 5.35. The van der Waals surface area contributed by atoms with Gasteiger partial charge in [-0.25, -0.2) is 9.37 Å². The largest absolute Gasteiger partial charge is 0.437 e. The van der Waals surface area contributed by atoms with Gasteiger partial charge in [0.2, 0.25) is 5.88 Å². The average molecular weight is 273 g/mol. The van der Waals surface area contributed by atoms with Crippen LogP contribution in [0.15, 0.2) is 30.6 Å². The Morgan fingerprint density at radius 2 is 2.15 bits per heavy atom. The van der Waals surface area contributed by atoms with E-state index in [1.807, 2.05) is 0 Å². The lowest BCUT2D eigenvalue weighted by Crippen LogP contribution is -2.16. The molecule has 1 N–H and O–H groups in total. The van der Waals surface area contributed by atoms with Crippen molar-refractivity contribution in [3.63, 3.8) is 0 Å². The summed E-state index contributed by atoms with van der Waals surface area (Å²) in [6, 6.07) is 5.03. The molecule has 5 heteroatoms. The monoisotopic (exact) mass is 273 g/mol. The standard InChI is InChI=1S/C15H16FN3O/c1-10-6-11(16)2-5-14(10)20-15-9-18-13(8-19-15)7-17-12-3-4-12/h2,5-6,8-9,12,17H,3-4,7H2,1H3. The van der Waals surface area contributed by atoms with Crippen LogP contribution in [0.1, 0.15) is 24.1 Å². The van der Waals surface area contributed by atoms with Crippen LogP contribution in [0.5, 0.6) is 11.6 Å². The predicted octanol–water partition coefficient (Wildman–Crippen LogP) is 2.97. The molecule has 0 amide bonds. The summed E-state index contributed by atoms with van der Waals surface area (Å²) in [6.45, 7) is 2.52. The van der Waals surface area contributed by atoms with Crippen molar-refractivity contribution in [2.24, 2.45) is 0 Å². The van der Waals surface area contributed by atoms with E-state index in [1.165, 1.54) is 25.0 Å². The minimum atomic E-state index is -0.276. The molecule has 1 saturated carbocycles. The van der Waals surface area contributed by atoms with Gasteiger partial charge in [-0.15, -0.1) is 0 Å². The maximum Gasteiger partial charge on any atom is 0.237 e. The number of hydrogen-bond donors (Lipinski definition) is 1. The van der Waals surface area contributed by atoms with Crippen molar-refractivity contribution in [2.45, 2.75) is 32.4 Å². The van der Waals surface area contributed by atoms with E-state index in [0.29, 0.717) is 17.7 Å². The Balaban J connectivity index is 1.64. The van der Waals surface area contributed by atoms with Gasteiger partial charge in [-0.05, 0) is 43.5 Å². The molecule has 1 aliphatic carbocycles. The Kier molecular flexibility index (Phi) is 3.60. The molecule has 0 atom stereocenters. The number of nitrogens with zero attached hydrogens (tertiary/aromatic N) is 2. The first-order chi connectivity index (χ1) is 9.70. The van der Waals surface area contributed by atoms with Crippen LogP contribution in [-0.4, -0.2) is 16.0 Å². The quantitative estimate of drug-likeness (QED) is 0.909. The highest BCUT2D eigenvalue weighted by atomic mass is 19.1. The first kappa shape index (κ1) is 13.0. The highest BCUT2D eigenvalue weighted by Crippen LogP contribution is 2.23. The molecule has 1 heterocycles. The zero-order valence-electron chi connectivity index (χ0n) is 11.3. The first-order valence-corrected chi connectivity index (χ1v) is 6.69. The number of hydrogen-bond acceptors (Lipinski definition) is 4. The lowest BCUT2D eigenvalue weighted by molar-refractivity contribution is 0.453. The third kappa shape index (κ3) is 3.30. The molecule has 0 bridgehead atoms. The Bertz CT molecular complexity index is 597. The molecule has 4 nitrogen and oxygen atoms in total. The van der Waals surface area contributed by atoms with Crippen molar-refractivity contribution in [1.82, 2.24) is 15.3 Å². The van der Waals surface area contributed by atoms with E-state index in [0.717, 1.165) is 17.8 Å². The number of benzene rings is 1. The number of ether oxygens (including phenoxy) is 1. The number of nitrogens with one attached hydrogen (secondary N) is 1. The van der Waals surface area contributed by atoms with Gasteiger partial charge in [0.15, 0.2) is 0 Å². The van der Waals surface area contributed by atoms with Crippen LogP contribution >= 0.6 is 0 Å². The zero-order valence-corrected chi connectivity index (χ0v) is 11.3. The first-order valence-electron chi connectivity index (χ1n) is 6.69. The molecular formula is C15H16FN3O. The second-order valence-electron chi connectivity index (χ2n) is 5.01. The van der Waals surface area contributed by atoms with E-state index < -0.39 is 0 Å². The van der Waals surface area contributed by atoms with Crippen LogP contribution in [0.25, 0.3) is 0 Å². The van der Waals surface area contributed by atoms with E-state index in [-0.39, 0.29) is 5.82 Å². The van der Waals surface area contributed by atoms with Crippen LogP contribution in [0.3, 0.4) is 0 Å². The Morgan fingerprint density at radius 3 is 2.80 bits per heavy atom. The SMILES string of the molecule is Cc1cc(F)ccc1Oc1cnc(CNC2CC2)cn1. The maximum atomic E-state index is 13.0. The van der Waals surface area contributed by atoms with Crippen molar-refractivity contribution in [3.05, 3.63) is 47.7 Å². The lowest BCUT2D eigenvalue weighted by atomic mass is 10.2. The third-order valence-corrected chi connectivity index (χ3v) is 3.18. The summed E-state index contributed by atoms with van der Waals surface area (Å²) in [4.78, 5) is 8.52. The van der Waals surface area contributed by atoms with Crippen LogP contribution in [0.2, 0.25) is 0 Å². The van der Waals surface area contributed by atoms with Crippen molar-refractivity contribution in [3.8, 4) is 11.6 Å². The van der Waals surface area contributed by atoms with E-state index in [1.54, 1.807) is 25.4 Å². The topological polar surface area (TPSA) is 47.0 Å². The molecule has 2 aromatic rings. The second-order valence-corrected chi connectivity index (χ2v) is 5.01. The smallest absolute Gasteiger partial charge is 0.237 e. The summed E-state index contributed by atoms with van der Waals surface area (Å²) in [5.74, 6) is 0.724. The van der Waals surface area contributed by atoms with Crippen molar-refractivity contribution in [1.29, 1.82) is 0 Å². The van der Waals surface area contributed by atoms with Gasteiger partial charge in [-0.2, -0.15) is 0 Å². The number of rotatable bonds is 5. The third-order valence-electron chi connectivity index (χ3n) is 3.18. The fourth-order valence-electron chi connectivity index (χ4n) is 1.86. The molecule has 3 rings (SSSR count). The van der Waals surface area contributed by atoms with Crippen LogP contribution in [0, 0.1) is 12.7 Å². The maximum absolute atomic E-state index is 13.0. The second kappa shape index (κ2) is 5.54. The summed E-state index contributed by atoms with van der Waals surface area (Å²) in [6.07, 6.45) is 5.78. The van der Waals surface area contributed by atoms with Crippen molar-refractivity contribution in [2.75, 3.05) is 0 Å². The van der Waals surface area contributed by atoms with Crippen LogP contribution < -0.4 is 10.1 Å². The van der Waals surface area contributed by atoms with Gasteiger partial charge in [-0.1, -0.05) is 0 Å². The normalized spacial score (nSPS) is 14.3. The van der Waals surface area contributed by atoms with Gasteiger partial charge in [0.1, 0.15) is 11.6 Å². The molecule has 0 radical (unpaired) electrons. The molecule has 20 heavy (non-hydrogen) atoms. The fourth-order valence-corrected chi connectivity index (χ4v) is 1.86. The van der Waals surface area contributed by atoms with Gasteiger partial charge in [0.05, 0.1) is 18.1 Å². The number of aryl methyl sites for hydroxylation is 1. The molecule has 1 fully saturated rings. The van der Waals surface area contributed by atoms with Gasteiger partial charge in [0.25, 0.3) is 0 Å². The van der Waals surface area contributed by atoms with Gasteiger partial charge < -0.3 is 10.1 Å². The summed E-state index contributed by atoms with van der Waals surface area (Å²) in [5.41, 5.74) is 1.62. The minimum Gasteiger partial charge on any atom is -0.437 e. The summed E-state index contributed by atoms with van der Waals surface area (Å²) in [7, 11) is 0. The highest BCUT2D eigenvalue weighted by Gasteiger charge is 2.20. The zero-order chi connectivity index (χ0) is 13.9. The molecule has 0 saturated heterocycles. The van der Waals surface area contributed by atoms with Gasteiger partial charge in [0, 0.05) is 12.6 Å². The fraction of sp³-hybridized carbons (Fsp3) is 0.333. The Labute approximate surface area is 117 Å². The van der Waals surface area contributed by atoms with Crippen LogP contribution in [0.4, 0.5) is 4.39 Å². The number of halogens is 1. The molecule has 104 valence electrons. The predicted molar refractivity (Wildman–Crippen MR) is 73.1 cm³/mol.